The van der Waals surface area contributed by atoms with Gasteiger partial charge < -0.3 is 9.47 Å². The second-order valence-electron chi connectivity index (χ2n) is 3.03. The first-order chi connectivity index (χ1) is 7.15. The zero-order valence-corrected chi connectivity index (χ0v) is 10.6. The number of hydrogen-bond acceptors (Lipinski definition) is 4. The lowest BCUT2D eigenvalue weighted by Crippen LogP contribution is -2.04. The van der Waals surface area contributed by atoms with Crippen molar-refractivity contribution < 1.29 is 14.3 Å². The Bertz CT molecular complexity index is 355. The summed E-state index contributed by atoms with van der Waals surface area (Å²) < 4.78 is 11.4. The van der Waals surface area contributed by atoms with Crippen molar-refractivity contribution in [3.05, 3.63) is 21.7 Å². The van der Waals surface area contributed by atoms with Gasteiger partial charge in [0.05, 0.1) is 20.8 Å². The minimum Gasteiger partial charge on any atom is -0.493 e. The van der Waals surface area contributed by atoms with Gasteiger partial charge in [-0.2, -0.15) is 0 Å². The fraction of sp³-hybridized carbons (Fsp3) is 0.400. The van der Waals surface area contributed by atoms with Crippen LogP contribution in [0.25, 0.3) is 0 Å². The van der Waals surface area contributed by atoms with E-state index in [0.29, 0.717) is 11.5 Å². The van der Waals surface area contributed by atoms with Crippen LogP contribution in [-0.2, 0) is 11.4 Å². The third-order valence-corrected chi connectivity index (χ3v) is 3.21. The summed E-state index contributed by atoms with van der Waals surface area (Å²) in [7, 11) is 3.18. The van der Waals surface area contributed by atoms with Gasteiger partial charge in [-0.25, -0.2) is 5.90 Å². The van der Waals surface area contributed by atoms with Gasteiger partial charge in [-0.15, -0.1) is 0 Å². The van der Waals surface area contributed by atoms with Gasteiger partial charge in [0, 0.05) is 10.0 Å². The van der Waals surface area contributed by atoms with Crippen molar-refractivity contribution in [2.75, 3.05) is 14.2 Å². The Balaban J connectivity index is 3.35. The third-order valence-electron chi connectivity index (χ3n) is 2.11. The van der Waals surface area contributed by atoms with E-state index in [1.54, 1.807) is 14.2 Å². The Morgan fingerprint density at radius 3 is 2.47 bits per heavy atom. The molecule has 1 aromatic rings. The molecule has 0 spiro atoms. The Hall–Kier alpha value is -0.780. The number of aryl methyl sites for hydroxylation is 1. The van der Waals surface area contributed by atoms with Crippen LogP contribution in [0.4, 0.5) is 0 Å². The molecule has 4 nitrogen and oxygen atoms in total. The molecule has 0 aliphatic heterocycles. The normalized spacial score (nSPS) is 10.2. The molecule has 2 N–H and O–H groups in total. The number of halogens is 1. The van der Waals surface area contributed by atoms with Gasteiger partial charge in [0.2, 0.25) is 0 Å². The highest BCUT2D eigenvalue weighted by Gasteiger charge is 2.16. The maximum atomic E-state index is 5.27. The molecule has 5 heteroatoms. The SMILES string of the molecule is COc1cc(C)c(Br)c(CON)c1OC. The van der Waals surface area contributed by atoms with Crippen LogP contribution in [-0.4, -0.2) is 14.2 Å². The minimum atomic E-state index is 0.266. The number of hydrogen-bond donors (Lipinski definition) is 1. The molecule has 0 heterocycles. The van der Waals surface area contributed by atoms with Gasteiger partial charge in [-0.1, -0.05) is 15.9 Å². The molecule has 0 unspecified atom stereocenters. The van der Waals surface area contributed by atoms with Gasteiger partial charge in [-0.05, 0) is 18.6 Å². The number of benzene rings is 1. The van der Waals surface area contributed by atoms with Gasteiger partial charge in [0.1, 0.15) is 0 Å². The van der Waals surface area contributed by atoms with Crippen molar-refractivity contribution in [2.45, 2.75) is 13.5 Å². The van der Waals surface area contributed by atoms with E-state index in [-0.39, 0.29) is 6.61 Å². The molecule has 0 atom stereocenters. The molecule has 0 aliphatic carbocycles. The van der Waals surface area contributed by atoms with Gasteiger partial charge in [0.15, 0.2) is 11.5 Å². The van der Waals surface area contributed by atoms with E-state index in [9.17, 15) is 0 Å². The van der Waals surface area contributed by atoms with Crippen LogP contribution in [0.2, 0.25) is 0 Å². The summed E-state index contributed by atoms with van der Waals surface area (Å²) in [6.07, 6.45) is 0. The van der Waals surface area contributed by atoms with E-state index in [4.69, 9.17) is 15.4 Å². The molecule has 0 aliphatic rings. The maximum absolute atomic E-state index is 5.27. The van der Waals surface area contributed by atoms with Crippen LogP contribution >= 0.6 is 15.9 Å². The predicted octanol–water partition coefficient (Wildman–Crippen LogP) is 2.17. The van der Waals surface area contributed by atoms with Gasteiger partial charge in [-0.3, -0.25) is 4.84 Å². The Morgan fingerprint density at radius 2 is 2.00 bits per heavy atom. The lowest BCUT2D eigenvalue weighted by Gasteiger charge is -2.15. The van der Waals surface area contributed by atoms with Crippen LogP contribution in [0.15, 0.2) is 10.5 Å². The molecular weight excluding hydrogens is 262 g/mol. The van der Waals surface area contributed by atoms with Crippen molar-refractivity contribution in [1.29, 1.82) is 0 Å². The van der Waals surface area contributed by atoms with Crippen LogP contribution in [0.5, 0.6) is 11.5 Å². The van der Waals surface area contributed by atoms with Crippen molar-refractivity contribution in [3.8, 4) is 11.5 Å². The van der Waals surface area contributed by atoms with E-state index >= 15 is 0 Å². The van der Waals surface area contributed by atoms with Crippen molar-refractivity contribution in [1.82, 2.24) is 0 Å². The van der Waals surface area contributed by atoms with Crippen LogP contribution < -0.4 is 15.4 Å². The average molecular weight is 276 g/mol. The predicted molar refractivity (Wildman–Crippen MR) is 61.0 cm³/mol. The zero-order valence-electron chi connectivity index (χ0n) is 8.96. The largest absolute Gasteiger partial charge is 0.493 e. The van der Waals surface area contributed by atoms with Crippen LogP contribution in [0.3, 0.4) is 0 Å². The van der Waals surface area contributed by atoms with E-state index < -0.39 is 0 Å². The summed E-state index contributed by atoms with van der Waals surface area (Å²) in [5.41, 5.74) is 1.89. The topological polar surface area (TPSA) is 53.7 Å². The van der Waals surface area contributed by atoms with Gasteiger partial charge >= 0.3 is 0 Å². The molecule has 0 saturated heterocycles. The van der Waals surface area contributed by atoms with E-state index in [0.717, 1.165) is 15.6 Å². The number of methoxy groups -OCH3 is 2. The zero-order chi connectivity index (χ0) is 11.4. The monoisotopic (exact) mass is 275 g/mol. The number of rotatable bonds is 4. The molecular formula is C10H14BrNO3. The van der Waals surface area contributed by atoms with E-state index in [1.807, 2.05) is 13.0 Å². The highest BCUT2D eigenvalue weighted by molar-refractivity contribution is 9.10. The molecule has 15 heavy (non-hydrogen) atoms. The third kappa shape index (κ3) is 2.42. The first kappa shape index (κ1) is 12.3. The summed E-state index contributed by atoms with van der Waals surface area (Å²) >= 11 is 3.47. The fourth-order valence-corrected chi connectivity index (χ4v) is 1.81. The lowest BCUT2D eigenvalue weighted by molar-refractivity contribution is 0.121. The summed E-state index contributed by atoms with van der Waals surface area (Å²) in [4.78, 5) is 4.64. The molecule has 0 radical (unpaired) electrons. The second kappa shape index (κ2) is 5.34. The van der Waals surface area contributed by atoms with Crippen molar-refractivity contribution in [3.63, 3.8) is 0 Å². The lowest BCUT2D eigenvalue weighted by atomic mass is 10.1. The van der Waals surface area contributed by atoms with E-state index in [1.165, 1.54) is 0 Å². The summed E-state index contributed by atoms with van der Waals surface area (Å²) in [6.45, 7) is 2.23. The Labute approximate surface area is 97.4 Å². The number of ether oxygens (including phenoxy) is 2. The highest BCUT2D eigenvalue weighted by atomic mass is 79.9. The maximum Gasteiger partial charge on any atom is 0.167 e. The van der Waals surface area contributed by atoms with Crippen LogP contribution in [0.1, 0.15) is 11.1 Å². The van der Waals surface area contributed by atoms with Crippen molar-refractivity contribution >= 4 is 15.9 Å². The number of nitrogens with two attached hydrogens (primary N) is 1. The molecule has 0 fully saturated rings. The first-order valence-electron chi connectivity index (χ1n) is 4.37. The summed E-state index contributed by atoms with van der Waals surface area (Å²) in [5, 5.41) is 0. The Kier molecular flexibility index (Phi) is 4.38. The molecule has 84 valence electrons. The quantitative estimate of drug-likeness (QED) is 0.856. The smallest absolute Gasteiger partial charge is 0.167 e. The molecule has 1 rings (SSSR count). The molecule has 0 amide bonds. The minimum absolute atomic E-state index is 0.266. The fourth-order valence-electron chi connectivity index (χ4n) is 1.40. The molecule has 0 saturated carbocycles. The average Bonchev–Trinajstić information content (AvgIpc) is 2.24. The van der Waals surface area contributed by atoms with Crippen molar-refractivity contribution in [2.24, 2.45) is 5.90 Å². The standard InChI is InChI=1S/C10H14BrNO3/c1-6-4-8(13-2)10(14-3)7(5-15-12)9(6)11/h4H,5,12H2,1-3H3. The molecule has 1 aromatic carbocycles. The summed E-state index contributed by atoms with van der Waals surface area (Å²) in [6, 6.07) is 1.89. The summed E-state index contributed by atoms with van der Waals surface area (Å²) in [5.74, 6) is 6.39. The molecule has 0 bridgehead atoms. The molecule has 0 aromatic heterocycles. The first-order valence-corrected chi connectivity index (χ1v) is 5.16. The second-order valence-corrected chi connectivity index (χ2v) is 3.83. The van der Waals surface area contributed by atoms with E-state index in [2.05, 4.69) is 20.8 Å². The van der Waals surface area contributed by atoms with Gasteiger partial charge in [0.25, 0.3) is 0 Å². The van der Waals surface area contributed by atoms with Crippen LogP contribution in [0, 0.1) is 6.92 Å². The highest BCUT2D eigenvalue weighted by Crippen LogP contribution is 2.38. The Morgan fingerprint density at radius 1 is 1.33 bits per heavy atom.